The van der Waals surface area contributed by atoms with Crippen LogP contribution in [0, 0.1) is 0 Å². The van der Waals surface area contributed by atoms with E-state index in [1.54, 1.807) is 23.1 Å². The fraction of sp³-hybridized carbons (Fsp3) is 0.370. The summed E-state index contributed by atoms with van der Waals surface area (Å²) in [4.78, 5) is 40.6. The van der Waals surface area contributed by atoms with Gasteiger partial charge in [0.2, 0.25) is 0 Å². The highest BCUT2D eigenvalue weighted by Gasteiger charge is 2.24. The van der Waals surface area contributed by atoms with E-state index in [-0.39, 0.29) is 34.3 Å². The Balaban J connectivity index is 0.00000115. The number of aromatic hydroxyl groups is 1. The second-order valence-electron chi connectivity index (χ2n) is 8.07. The summed E-state index contributed by atoms with van der Waals surface area (Å²) in [7, 11) is 4.00. The zero-order valence-corrected chi connectivity index (χ0v) is 22.1. The molecule has 4 N–H and O–H groups in total. The van der Waals surface area contributed by atoms with E-state index < -0.39 is 11.1 Å². The topological polar surface area (TPSA) is 129 Å². The number of amides is 1. The van der Waals surface area contributed by atoms with Gasteiger partial charge in [0.15, 0.2) is 5.75 Å². The molecule has 1 amide bonds. The third kappa shape index (κ3) is 6.59. The summed E-state index contributed by atoms with van der Waals surface area (Å²) >= 11 is 0. The molecule has 1 fully saturated rings. The Labute approximate surface area is 216 Å². The van der Waals surface area contributed by atoms with E-state index in [9.17, 15) is 19.5 Å². The maximum Gasteiger partial charge on any atom is 0.290 e. The molecule has 0 atom stereocenters. The van der Waals surface area contributed by atoms with E-state index in [4.69, 9.17) is 5.11 Å². The number of benzene rings is 2. The fourth-order valence-electron chi connectivity index (χ4n) is 3.92. The standard InChI is InChI=1S/C24H27N5O4.C2H6.CH4O/c1-27-23(32)19(25-15-16-9-4-3-5-10-16)20(24(33)28(27)2)26-18-12-8-11-17(21(18)30)22(31)29-13-6-7-14-29;2*1-2/h3-5,8-12,25-26,30H,6-7,13-15H2,1-2H3;1-2H3;2H,1H3. The van der Waals surface area contributed by atoms with Crippen LogP contribution in [-0.4, -0.2) is 50.6 Å². The number of aliphatic hydroxyl groups excluding tert-OH is 1. The first-order valence-electron chi connectivity index (χ1n) is 12.3. The number of carbonyl (C=O) groups is 1. The predicted molar refractivity (Wildman–Crippen MR) is 147 cm³/mol. The molecule has 2 heterocycles. The molecule has 0 saturated carbocycles. The number of aliphatic hydroxyl groups is 1. The van der Waals surface area contributed by atoms with Gasteiger partial charge in [-0.15, -0.1) is 0 Å². The van der Waals surface area contributed by atoms with Crippen LogP contribution in [0.5, 0.6) is 5.75 Å². The van der Waals surface area contributed by atoms with E-state index in [2.05, 4.69) is 10.6 Å². The van der Waals surface area contributed by atoms with Crippen molar-refractivity contribution >= 4 is 23.0 Å². The van der Waals surface area contributed by atoms with E-state index >= 15 is 0 Å². The van der Waals surface area contributed by atoms with Crippen LogP contribution >= 0.6 is 0 Å². The van der Waals surface area contributed by atoms with Gasteiger partial charge in [-0.3, -0.25) is 14.4 Å². The van der Waals surface area contributed by atoms with E-state index in [0.717, 1.165) is 25.5 Å². The minimum absolute atomic E-state index is 0.00222. The van der Waals surface area contributed by atoms with Crippen molar-refractivity contribution in [3.8, 4) is 5.75 Å². The maximum atomic E-state index is 13.1. The number of phenols is 1. The van der Waals surface area contributed by atoms with Gasteiger partial charge >= 0.3 is 0 Å². The van der Waals surface area contributed by atoms with Crippen LogP contribution in [0.4, 0.5) is 17.1 Å². The molecule has 1 aromatic heterocycles. The molecule has 4 rings (SSSR count). The van der Waals surface area contributed by atoms with Crippen LogP contribution in [0.2, 0.25) is 0 Å². The van der Waals surface area contributed by atoms with Gasteiger partial charge in [-0.05, 0) is 30.5 Å². The Morgan fingerprint density at radius 2 is 1.43 bits per heavy atom. The predicted octanol–water partition coefficient (Wildman–Crippen LogP) is 3.02. The van der Waals surface area contributed by atoms with E-state index in [0.29, 0.717) is 19.6 Å². The van der Waals surface area contributed by atoms with Crippen molar-refractivity contribution in [3.63, 3.8) is 0 Å². The molecule has 0 spiro atoms. The van der Waals surface area contributed by atoms with Crippen molar-refractivity contribution in [3.05, 3.63) is 80.4 Å². The Bertz CT molecular complexity index is 1300. The van der Waals surface area contributed by atoms with E-state index in [1.807, 2.05) is 44.2 Å². The highest BCUT2D eigenvalue weighted by molar-refractivity contribution is 5.99. The number of aromatic nitrogens is 2. The van der Waals surface area contributed by atoms with Crippen molar-refractivity contribution < 1.29 is 15.0 Å². The number of anilines is 3. The molecule has 0 aliphatic carbocycles. The molecule has 1 aliphatic rings. The molecular weight excluding hydrogens is 474 g/mol. The quantitative estimate of drug-likeness (QED) is 0.375. The number of nitrogens with one attached hydrogen (secondary N) is 2. The van der Waals surface area contributed by atoms with Gasteiger partial charge in [-0.1, -0.05) is 50.2 Å². The Morgan fingerprint density at radius 3 is 2.03 bits per heavy atom. The van der Waals surface area contributed by atoms with Gasteiger partial charge < -0.3 is 25.7 Å². The Kier molecular flexibility index (Phi) is 11.0. The van der Waals surface area contributed by atoms with Crippen LogP contribution in [0.1, 0.15) is 42.6 Å². The summed E-state index contributed by atoms with van der Waals surface area (Å²) in [6.07, 6.45) is 1.87. The highest BCUT2D eigenvalue weighted by atomic mass is 16.3. The first kappa shape index (κ1) is 29.2. The van der Waals surface area contributed by atoms with Crippen LogP contribution in [0.25, 0.3) is 0 Å². The lowest BCUT2D eigenvalue weighted by atomic mass is 10.1. The number of likely N-dealkylation sites (tertiary alicyclic amines) is 1. The monoisotopic (exact) mass is 511 g/mol. The summed E-state index contributed by atoms with van der Waals surface area (Å²) in [5.74, 6) is -0.515. The third-order valence-corrected chi connectivity index (χ3v) is 5.95. The average Bonchev–Trinajstić information content (AvgIpc) is 3.49. The SMILES string of the molecule is CC.CO.Cn1c(=O)c(NCc2ccccc2)c(Nc2cccc(C(=O)N3CCCC3)c2O)c(=O)n1C. The van der Waals surface area contributed by atoms with Crippen LogP contribution in [-0.2, 0) is 20.6 Å². The summed E-state index contributed by atoms with van der Waals surface area (Å²) in [5, 5.41) is 23.8. The molecule has 2 aromatic carbocycles. The number of hydrogen-bond donors (Lipinski definition) is 4. The number of para-hydroxylation sites is 1. The van der Waals surface area contributed by atoms with Crippen molar-refractivity contribution in [2.75, 3.05) is 30.8 Å². The number of carbonyl (C=O) groups excluding carboxylic acids is 1. The summed E-state index contributed by atoms with van der Waals surface area (Å²) in [6, 6.07) is 14.2. The number of hydrogen-bond acceptors (Lipinski definition) is 7. The molecule has 10 heteroatoms. The molecule has 200 valence electrons. The second-order valence-corrected chi connectivity index (χ2v) is 8.07. The number of nitrogens with zero attached hydrogens (tertiary/aromatic N) is 3. The Hall–Kier alpha value is -4.05. The average molecular weight is 512 g/mol. The van der Waals surface area contributed by atoms with Crippen molar-refractivity contribution in [2.24, 2.45) is 14.1 Å². The lowest BCUT2D eigenvalue weighted by Gasteiger charge is -2.19. The largest absolute Gasteiger partial charge is 0.505 e. The van der Waals surface area contributed by atoms with Crippen LogP contribution < -0.4 is 21.8 Å². The minimum atomic E-state index is -0.455. The molecule has 1 aliphatic heterocycles. The number of rotatable bonds is 6. The van der Waals surface area contributed by atoms with Crippen LogP contribution in [0.15, 0.2) is 58.1 Å². The minimum Gasteiger partial charge on any atom is -0.505 e. The maximum absolute atomic E-state index is 13.1. The summed E-state index contributed by atoms with van der Waals surface area (Å²) in [6.45, 7) is 5.63. The molecule has 3 aromatic rings. The summed E-state index contributed by atoms with van der Waals surface area (Å²) < 4.78 is 2.41. The fourth-order valence-corrected chi connectivity index (χ4v) is 3.92. The first-order chi connectivity index (χ1) is 17.9. The molecule has 0 unspecified atom stereocenters. The van der Waals surface area contributed by atoms with Crippen LogP contribution in [0.3, 0.4) is 0 Å². The van der Waals surface area contributed by atoms with Gasteiger partial charge in [-0.2, -0.15) is 0 Å². The highest BCUT2D eigenvalue weighted by Crippen LogP contribution is 2.32. The van der Waals surface area contributed by atoms with E-state index in [1.165, 1.54) is 23.5 Å². The zero-order chi connectivity index (χ0) is 27.5. The smallest absolute Gasteiger partial charge is 0.290 e. The van der Waals surface area contributed by atoms with Gasteiger partial charge in [0.05, 0.1) is 11.3 Å². The van der Waals surface area contributed by atoms with Gasteiger partial charge in [0.25, 0.3) is 17.0 Å². The molecular formula is C27H37N5O5. The molecule has 1 saturated heterocycles. The van der Waals surface area contributed by atoms with Crippen molar-refractivity contribution in [2.45, 2.75) is 33.2 Å². The number of phenolic OH excluding ortho intramolecular Hbond substituents is 1. The third-order valence-electron chi connectivity index (χ3n) is 5.95. The summed E-state index contributed by atoms with van der Waals surface area (Å²) in [5.41, 5.74) is 0.488. The zero-order valence-electron chi connectivity index (χ0n) is 22.1. The molecule has 0 bridgehead atoms. The van der Waals surface area contributed by atoms with Gasteiger partial charge in [0, 0.05) is 40.8 Å². The second kappa shape index (κ2) is 13.9. The molecule has 0 radical (unpaired) electrons. The van der Waals surface area contributed by atoms with Crippen molar-refractivity contribution in [1.82, 2.24) is 14.3 Å². The van der Waals surface area contributed by atoms with Crippen molar-refractivity contribution in [1.29, 1.82) is 0 Å². The first-order valence-corrected chi connectivity index (χ1v) is 12.3. The normalized spacial score (nSPS) is 12.1. The molecule has 10 nitrogen and oxygen atoms in total. The Morgan fingerprint density at radius 1 is 0.865 bits per heavy atom. The lowest BCUT2D eigenvalue weighted by Crippen LogP contribution is -2.38. The van der Waals surface area contributed by atoms with Gasteiger partial charge in [-0.25, -0.2) is 9.36 Å². The lowest BCUT2D eigenvalue weighted by molar-refractivity contribution is 0.0790. The molecule has 37 heavy (non-hydrogen) atoms. The van der Waals surface area contributed by atoms with Gasteiger partial charge in [0.1, 0.15) is 11.4 Å².